The summed E-state index contributed by atoms with van der Waals surface area (Å²) in [7, 11) is 4.07. The van der Waals surface area contributed by atoms with E-state index in [0.29, 0.717) is 11.3 Å². The molecule has 1 rings (SSSR count). The van der Waals surface area contributed by atoms with Gasteiger partial charge in [0, 0.05) is 21.1 Å². The zero-order chi connectivity index (χ0) is 16.5. The Morgan fingerprint density at radius 1 is 1.24 bits per heavy atom. The number of halogens is 3. The summed E-state index contributed by atoms with van der Waals surface area (Å²) in [6.45, 7) is -1.29. The standard InChI is InChI=1S/C11H15F3N4O2S/c1-17(2)9(20)7-6(15)5(8(16)19)10(21-7)18(3)4-11(12,13)14/h4,15H2,1-3H3,(H2,16,19). The molecule has 1 heterocycles. The normalized spacial score (nSPS) is 11.3. The van der Waals surface area contributed by atoms with Crippen molar-refractivity contribution in [3.63, 3.8) is 0 Å². The van der Waals surface area contributed by atoms with Crippen LogP contribution in [0.2, 0.25) is 0 Å². The zero-order valence-corrected chi connectivity index (χ0v) is 12.4. The largest absolute Gasteiger partial charge is 0.405 e. The highest BCUT2D eigenvalue weighted by atomic mass is 32.1. The van der Waals surface area contributed by atoms with Crippen molar-refractivity contribution in [3.8, 4) is 0 Å². The number of nitrogens with two attached hydrogens (primary N) is 2. The highest BCUT2D eigenvalue weighted by Gasteiger charge is 2.33. The third-order valence-corrected chi connectivity index (χ3v) is 3.84. The van der Waals surface area contributed by atoms with E-state index >= 15 is 0 Å². The molecule has 1 aromatic rings. The quantitative estimate of drug-likeness (QED) is 0.868. The van der Waals surface area contributed by atoms with Crippen molar-refractivity contribution in [1.82, 2.24) is 4.90 Å². The first-order chi connectivity index (χ1) is 9.45. The number of nitrogen functional groups attached to an aromatic ring is 1. The van der Waals surface area contributed by atoms with Crippen molar-refractivity contribution in [2.45, 2.75) is 6.18 Å². The van der Waals surface area contributed by atoms with E-state index in [9.17, 15) is 22.8 Å². The number of hydrogen-bond donors (Lipinski definition) is 2. The second-order valence-corrected chi connectivity index (χ2v) is 5.56. The van der Waals surface area contributed by atoms with Crippen LogP contribution in [0.25, 0.3) is 0 Å². The highest BCUT2D eigenvalue weighted by Crippen LogP contribution is 2.39. The van der Waals surface area contributed by atoms with E-state index in [1.165, 1.54) is 19.0 Å². The molecular weight excluding hydrogens is 309 g/mol. The van der Waals surface area contributed by atoms with Crippen LogP contribution in [0.5, 0.6) is 0 Å². The topological polar surface area (TPSA) is 92.7 Å². The lowest BCUT2D eigenvalue weighted by Crippen LogP contribution is -2.31. The minimum atomic E-state index is -4.46. The van der Waals surface area contributed by atoms with Gasteiger partial charge >= 0.3 is 6.18 Å². The van der Waals surface area contributed by atoms with Gasteiger partial charge < -0.3 is 21.3 Å². The third-order valence-electron chi connectivity index (χ3n) is 2.54. The van der Waals surface area contributed by atoms with Gasteiger partial charge in [0.15, 0.2) is 0 Å². The summed E-state index contributed by atoms with van der Waals surface area (Å²) in [5.74, 6) is -1.49. The van der Waals surface area contributed by atoms with Crippen molar-refractivity contribution in [2.24, 2.45) is 5.73 Å². The smallest absolute Gasteiger partial charge is 0.397 e. The predicted octanol–water partition coefficient (Wildman–Crippen LogP) is 1.13. The summed E-state index contributed by atoms with van der Waals surface area (Å²) in [5.41, 5.74) is 10.4. The fourth-order valence-corrected chi connectivity index (χ4v) is 2.85. The molecule has 1 aromatic heterocycles. The Morgan fingerprint density at radius 3 is 2.14 bits per heavy atom. The van der Waals surface area contributed by atoms with E-state index in [0.717, 1.165) is 11.9 Å². The lowest BCUT2D eigenvalue weighted by atomic mass is 10.2. The minimum absolute atomic E-state index is 0.0159. The zero-order valence-electron chi connectivity index (χ0n) is 11.6. The maximum Gasteiger partial charge on any atom is 0.405 e. The number of anilines is 2. The van der Waals surface area contributed by atoms with Crippen molar-refractivity contribution in [2.75, 3.05) is 38.3 Å². The lowest BCUT2D eigenvalue weighted by Gasteiger charge is -2.20. The molecule has 10 heteroatoms. The van der Waals surface area contributed by atoms with E-state index in [-0.39, 0.29) is 21.1 Å². The van der Waals surface area contributed by atoms with E-state index in [1.54, 1.807) is 0 Å². The molecule has 0 aliphatic heterocycles. The molecule has 0 radical (unpaired) electrons. The van der Waals surface area contributed by atoms with Crippen LogP contribution in [0.4, 0.5) is 23.9 Å². The lowest BCUT2D eigenvalue weighted by molar-refractivity contribution is -0.119. The number of amides is 2. The molecule has 0 aliphatic rings. The van der Waals surface area contributed by atoms with Crippen LogP contribution < -0.4 is 16.4 Å². The first kappa shape index (κ1) is 17.1. The number of carbonyl (C=O) groups is 2. The average Bonchev–Trinajstić information content (AvgIpc) is 2.63. The summed E-state index contributed by atoms with van der Waals surface area (Å²) in [5, 5.41) is -0.0810. The second-order valence-electron chi connectivity index (χ2n) is 4.56. The van der Waals surface area contributed by atoms with Crippen molar-refractivity contribution >= 4 is 33.8 Å². The molecule has 0 atom stereocenters. The van der Waals surface area contributed by atoms with E-state index in [1.807, 2.05) is 0 Å². The Hall–Kier alpha value is -1.97. The number of thiophene rings is 1. The number of rotatable bonds is 4. The number of carbonyl (C=O) groups excluding carboxylic acids is 2. The summed E-state index contributed by atoms with van der Waals surface area (Å²) in [6.07, 6.45) is -4.46. The maximum absolute atomic E-state index is 12.5. The molecule has 0 unspecified atom stereocenters. The van der Waals surface area contributed by atoms with Crippen LogP contribution in [0, 0.1) is 0 Å². The molecule has 0 bridgehead atoms. The number of primary amides is 1. The van der Waals surface area contributed by atoms with Gasteiger partial charge in [-0.25, -0.2) is 0 Å². The summed E-state index contributed by atoms with van der Waals surface area (Å²) >= 11 is 0.709. The fourth-order valence-electron chi connectivity index (χ4n) is 1.64. The molecule has 2 amide bonds. The molecule has 118 valence electrons. The van der Waals surface area contributed by atoms with Crippen LogP contribution in [0.1, 0.15) is 20.0 Å². The van der Waals surface area contributed by atoms with Gasteiger partial charge in [0.1, 0.15) is 16.4 Å². The average molecular weight is 324 g/mol. The Balaban J connectivity index is 3.35. The molecule has 0 fully saturated rings. The molecular formula is C11H15F3N4O2S. The fraction of sp³-hybridized carbons (Fsp3) is 0.455. The van der Waals surface area contributed by atoms with Crippen molar-refractivity contribution in [1.29, 1.82) is 0 Å². The maximum atomic E-state index is 12.5. The summed E-state index contributed by atoms with van der Waals surface area (Å²) < 4.78 is 37.4. The van der Waals surface area contributed by atoms with Gasteiger partial charge in [-0.2, -0.15) is 13.2 Å². The van der Waals surface area contributed by atoms with Gasteiger partial charge in [-0.3, -0.25) is 9.59 Å². The molecule has 0 aromatic carbocycles. The van der Waals surface area contributed by atoms with Crippen LogP contribution in [-0.4, -0.2) is 50.6 Å². The molecule has 0 saturated heterocycles. The Bertz CT molecular complexity index is 569. The Morgan fingerprint density at radius 2 is 1.76 bits per heavy atom. The molecule has 0 aliphatic carbocycles. The summed E-state index contributed by atoms with van der Waals surface area (Å²) in [6, 6.07) is 0. The van der Waals surface area contributed by atoms with Crippen molar-refractivity contribution in [3.05, 3.63) is 10.4 Å². The van der Waals surface area contributed by atoms with Crippen LogP contribution in [0.3, 0.4) is 0 Å². The van der Waals surface area contributed by atoms with Gasteiger partial charge in [-0.15, -0.1) is 11.3 Å². The van der Waals surface area contributed by atoms with Gasteiger partial charge in [-0.05, 0) is 0 Å². The van der Waals surface area contributed by atoms with Gasteiger partial charge in [-0.1, -0.05) is 0 Å². The first-order valence-corrected chi connectivity index (χ1v) is 6.49. The molecule has 21 heavy (non-hydrogen) atoms. The second kappa shape index (κ2) is 5.80. The SMILES string of the molecule is CN(C)C(=O)c1sc(N(C)CC(F)(F)F)c(C(N)=O)c1N. The number of alkyl halides is 3. The molecule has 0 saturated carbocycles. The first-order valence-electron chi connectivity index (χ1n) is 5.67. The number of nitrogens with zero attached hydrogens (tertiary/aromatic N) is 2. The molecule has 6 nitrogen and oxygen atoms in total. The summed E-state index contributed by atoms with van der Waals surface area (Å²) in [4.78, 5) is 25.4. The molecule has 4 N–H and O–H groups in total. The van der Waals surface area contributed by atoms with E-state index < -0.39 is 24.5 Å². The van der Waals surface area contributed by atoms with Crippen LogP contribution in [0.15, 0.2) is 0 Å². The Kier molecular flexibility index (Phi) is 4.72. The van der Waals surface area contributed by atoms with E-state index in [4.69, 9.17) is 11.5 Å². The van der Waals surface area contributed by atoms with Crippen molar-refractivity contribution < 1.29 is 22.8 Å². The van der Waals surface area contributed by atoms with Gasteiger partial charge in [0.2, 0.25) is 0 Å². The Labute approximate surface area is 123 Å². The highest BCUT2D eigenvalue weighted by molar-refractivity contribution is 7.19. The minimum Gasteiger partial charge on any atom is -0.397 e. The molecule has 0 spiro atoms. The van der Waals surface area contributed by atoms with Crippen LogP contribution in [-0.2, 0) is 0 Å². The third kappa shape index (κ3) is 3.78. The predicted molar refractivity (Wildman–Crippen MR) is 74.6 cm³/mol. The van der Waals surface area contributed by atoms with E-state index in [2.05, 4.69) is 0 Å². The van der Waals surface area contributed by atoms with Gasteiger partial charge in [0.05, 0.1) is 11.3 Å². The number of hydrogen-bond acceptors (Lipinski definition) is 5. The monoisotopic (exact) mass is 324 g/mol. The van der Waals surface area contributed by atoms with Gasteiger partial charge in [0.25, 0.3) is 11.8 Å². The van der Waals surface area contributed by atoms with Crippen LogP contribution >= 0.6 is 11.3 Å².